The van der Waals surface area contributed by atoms with Gasteiger partial charge in [0.15, 0.2) is 5.78 Å². The molecule has 3 nitrogen and oxygen atoms in total. The molecule has 1 aromatic rings. The number of hydrogen-bond acceptors (Lipinski definition) is 3. The lowest BCUT2D eigenvalue weighted by Crippen LogP contribution is -2.04. The zero-order chi connectivity index (χ0) is 9.26. The summed E-state index contributed by atoms with van der Waals surface area (Å²) in [7, 11) is 0. The monoisotopic (exact) mass is 176 g/mol. The predicted octanol–water partition coefficient (Wildman–Crippen LogP) is 1.57. The average Bonchev–Trinajstić information content (AvgIpc) is 2.28. The largest absolute Gasteiger partial charge is 0.397 e. The Balaban J connectivity index is 2.48. The van der Waals surface area contributed by atoms with Gasteiger partial charge in [-0.25, -0.2) is 0 Å². The number of aryl methyl sites for hydroxylation is 1. The summed E-state index contributed by atoms with van der Waals surface area (Å²) in [5.74, 6) is 0.160. The van der Waals surface area contributed by atoms with E-state index in [9.17, 15) is 4.79 Å². The third-order valence-corrected chi connectivity index (χ3v) is 2.35. The Morgan fingerprint density at radius 1 is 1.31 bits per heavy atom. The first-order chi connectivity index (χ1) is 6.27. The SMILES string of the molecule is Nc1cnc2c(c1)CCCCC2=O. The zero-order valence-corrected chi connectivity index (χ0v) is 7.42. The molecule has 68 valence electrons. The van der Waals surface area contributed by atoms with Gasteiger partial charge < -0.3 is 5.73 Å². The van der Waals surface area contributed by atoms with Gasteiger partial charge in [0.25, 0.3) is 0 Å². The Kier molecular flexibility index (Phi) is 2.00. The van der Waals surface area contributed by atoms with Gasteiger partial charge in [-0.15, -0.1) is 0 Å². The van der Waals surface area contributed by atoms with Gasteiger partial charge in [0.1, 0.15) is 5.69 Å². The van der Waals surface area contributed by atoms with E-state index in [4.69, 9.17) is 5.73 Å². The number of ketones is 1. The summed E-state index contributed by atoms with van der Waals surface area (Å²) < 4.78 is 0. The molecular weight excluding hydrogens is 164 g/mol. The lowest BCUT2D eigenvalue weighted by atomic mass is 10.1. The first-order valence-electron chi connectivity index (χ1n) is 4.55. The van der Waals surface area contributed by atoms with Crippen molar-refractivity contribution in [1.29, 1.82) is 0 Å². The smallest absolute Gasteiger partial charge is 0.181 e. The summed E-state index contributed by atoms with van der Waals surface area (Å²) in [6, 6.07) is 1.87. The van der Waals surface area contributed by atoms with Crippen LogP contribution in [-0.2, 0) is 6.42 Å². The number of nitrogen functional groups attached to an aromatic ring is 1. The third-order valence-electron chi connectivity index (χ3n) is 2.35. The highest BCUT2D eigenvalue weighted by molar-refractivity contribution is 5.96. The zero-order valence-electron chi connectivity index (χ0n) is 7.42. The van der Waals surface area contributed by atoms with Crippen LogP contribution in [0.1, 0.15) is 35.3 Å². The summed E-state index contributed by atoms with van der Waals surface area (Å²) in [6.45, 7) is 0. The number of carbonyl (C=O) groups excluding carboxylic acids is 1. The molecule has 1 heterocycles. The topological polar surface area (TPSA) is 56.0 Å². The van der Waals surface area contributed by atoms with Crippen molar-refractivity contribution in [2.75, 3.05) is 5.73 Å². The van der Waals surface area contributed by atoms with Crippen molar-refractivity contribution in [3.8, 4) is 0 Å². The number of nitrogens with zero attached hydrogens (tertiary/aromatic N) is 1. The number of nitrogens with two attached hydrogens (primary N) is 1. The van der Waals surface area contributed by atoms with E-state index < -0.39 is 0 Å². The number of carbonyl (C=O) groups is 1. The molecule has 2 rings (SSSR count). The van der Waals surface area contributed by atoms with Gasteiger partial charge in [0.2, 0.25) is 0 Å². The first kappa shape index (κ1) is 8.23. The second kappa shape index (κ2) is 3.17. The van der Waals surface area contributed by atoms with Crippen molar-refractivity contribution in [2.45, 2.75) is 25.7 Å². The molecule has 0 aromatic carbocycles. The summed E-state index contributed by atoms with van der Waals surface area (Å²) >= 11 is 0. The molecule has 0 atom stereocenters. The summed E-state index contributed by atoms with van der Waals surface area (Å²) in [6.07, 6.45) is 5.14. The van der Waals surface area contributed by atoms with Gasteiger partial charge in [-0.2, -0.15) is 0 Å². The van der Waals surface area contributed by atoms with Gasteiger partial charge >= 0.3 is 0 Å². The number of anilines is 1. The lowest BCUT2D eigenvalue weighted by Gasteiger charge is -2.03. The molecule has 0 aliphatic heterocycles. The molecule has 0 saturated heterocycles. The van der Waals surface area contributed by atoms with Crippen molar-refractivity contribution >= 4 is 11.5 Å². The van der Waals surface area contributed by atoms with E-state index in [1.807, 2.05) is 6.07 Å². The maximum atomic E-state index is 11.5. The van der Waals surface area contributed by atoms with Crippen LogP contribution in [-0.4, -0.2) is 10.8 Å². The maximum Gasteiger partial charge on any atom is 0.181 e. The van der Waals surface area contributed by atoms with E-state index in [-0.39, 0.29) is 5.78 Å². The average molecular weight is 176 g/mol. The predicted molar refractivity (Wildman–Crippen MR) is 50.5 cm³/mol. The first-order valence-corrected chi connectivity index (χ1v) is 4.55. The van der Waals surface area contributed by atoms with E-state index in [0.29, 0.717) is 17.8 Å². The van der Waals surface area contributed by atoms with Crippen molar-refractivity contribution in [3.63, 3.8) is 0 Å². The molecule has 2 N–H and O–H groups in total. The van der Waals surface area contributed by atoms with Crippen LogP contribution in [0.2, 0.25) is 0 Å². The molecule has 0 fully saturated rings. The summed E-state index contributed by atoms with van der Waals surface area (Å²) in [5.41, 5.74) is 7.90. The van der Waals surface area contributed by atoms with E-state index >= 15 is 0 Å². The van der Waals surface area contributed by atoms with E-state index in [1.165, 1.54) is 0 Å². The van der Waals surface area contributed by atoms with E-state index in [0.717, 1.165) is 24.8 Å². The lowest BCUT2D eigenvalue weighted by molar-refractivity contribution is 0.0977. The maximum absolute atomic E-state index is 11.5. The Hall–Kier alpha value is -1.38. The molecule has 0 bridgehead atoms. The second-order valence-corrected chi connectivity index (χ2v) is 3.41. The Bertz CT molecular complexity index is 347. The normalized spacial score (nSPS) is 16.5. The van der Waals surface area contributed by atoms with Crippen molar-refractivity contribution in [3.05, 3.63) is 23.5 Å². The molecule has 1 aliphatic rings. The molecule has 0 unspecified atom stereocenters. The number of rotatable bonds is 0. The second-order valence-electron chi connectivity index (χ2n) is 3.41. The molecule has 0 saturated carbocycles. The molecule has 0 spiro atoms. The van der Waals surface area contributed by atoms with Crippen molar-refractivity contribution < 1.29 is 4.79 Å². The number of fused-ring (bicyclic) bond motifs is 1. The minimum atomic E-state index is 0.160. The molecule has 0 radical (unpaired) electrons. The van der Waals surface area contributed by atoms with Crippen LogP contribution in [0, 0.1) is 0 Å². The van der Waals surface area contributed by atoms with Gasteiger partial charge in [0, 0.05) is 6.42 Å². The third kappa shape index (κ3) is 1.54. The molecule has 13 heavy (non-hydrogen) atoms. The van der Waals surface area contributed by atoms with E-state index in [2.05, 4.69) is 4.98 Å². The molecule has 3 heteroatoms. The van der Waals surface area contributed by atoms with Crippen LogP contribution in [0.3, 0.4) is 0 Å². The standard InChI is InChI=1S/C10H12N2O/c11-8-5-7-3-1-2-4-9(13)10(7)12-6-8/h5-6H,1-4,11H2. The summed E-state index contributed by atoms with van der Waals surface area (Å²) in [4.78, 5) is 15.6. The highest BCUT2D eigenvalue weighted by Crippen LogP contribution is 2.20. The fourth-order valence-electron chi connectivity index (χ4n) is 1.69. The number of Topliss-reactive ketones (excluding diaryl/α,β-unsaturated/α-hetero) is 1. The fraction of sp³-hybridized carbons (Fsp3) is 0.400. The van der Waals surface area contributed by atoms with Gasteiger partial charge in [-0.3, -0.25) is 9.78 Å². The highest BCUT2D eigenvalue weighted by atomic mass is 16.1. The minimum Gasteiger partial charge on any atom is -0.397 e. The van der Waals surface area contributed by atoms with Crippen LogP contribution in [0.4, 0.5) is 5.69 Å². The Morgan fingerprint density at radius 3 is 2.92 bits per heavy atom. The molecule has 1 aliphatic carbocycles. The van der Waals surface area contributed by atoms with Crippen LogP contribution >= 0.6 is 0 Å². The number of pyridine rings is 1. The highest BCUT2D eigenvalue weighted by Gasteiger charge is 2.16. The van der Waals surface area contributed by atoms with Gasteiger partial charge in [0.05, 0.1) is 11.9 Å². The summed E-state index contributed by atoms with van der Waals surface area (Å²) in [5, 5.41) is 0. The minimum absolute atomic E-state index is 0.160. The van der Waals surface area contributed by atoms with Crippen LogP contribution in [0.25, 0.3) is 0 Å². The Labute approximate surface area is 77.0 Å². The van der Waals surface area contributed by atoms with Crippen LogP contribution < -0.4 is 5.73 Å². The number of aromatic nitrogens is 1. The van der Waals surface area contributed by atoms with Gasteiger partial charge in [-0.05, 0) is 30.9 Å². The quantitative estimate of drug-likeness (QED) is 0.610. The van der Waals surface area contributed by atoms with Crippen LogP contribution in [0.5, 0.6) is 0 Å². The molecular formula is C10H12N2O. The van der Waals surface area contributed by atoms with E-state index in [1.54, 1.807) is 6.20 Å². The molecule has 1 aromatic heterocycles. The Morgan fingerprint density at radius 2 is 2.08 bits per heavy atom. The van der Waals surface area contributed by atoms with Crippen molar-refractivity contribution in [2.24, 2.45) is 0 Å². The van der Waals surface area contributed by atoms with Crippen LogP contribution in [0.15, 0.2) is 12.3 Å². The fourth-order valence-corrected chi connectivity index (χ4v) is 1.69. The molecule has 0 amide bonds. The van der Waals surface area contributed by atoms with Gasteiger partial charge in [-0.1, -0.05) is 0 Å². The number of hydrogen-bond donors (Lipinski definition) is 1. The van der Waals surface area contributed by atoms with Crippen molar-refractivity contribution in [1.82, 2.24) is 4.98 Å².